The predicted octanol–water partition coefficient (Wildman–Crippen LogP) is 2.54. The van der Waals surface area contributed by atoms with Crippen LogP contribution in [-0.4, -0.2) is 46.8 Å². The van der Waals surface area contributed by atoms with E-state index in [0.717, 1.165) is 0 Å². The van der Waals surface area contributed by atoms with Gasteiger partial charge in [-0.05, 0) is 52.5 Å². The minimum atomic E-state index is -0.171. The lowest BCUT2D eigenvalue weighted by Crippen LogP contribution is -2.40. The van der Waals surface area contributed by atoms with Gasteiger partial charge in [-0.1, -0.05) is 0 Å². The van der Waals surface area contributed by atoms with E-state index in [1.165, 1.54) is 25.6 Å². The Kier molecular flexibility index (Phi) is 4.40. The quantitative estimate of drug-likeness (QED) is 0.798. The molecule has 0 bridgehead atoms. The van der Waals surface area contributed by atoms with Crippen LogP contribution in [0, 0.1) is 5.92 Å². The van der Waals surface area contributed by atoms with Crippen LogP contribution in [-0.2, 0) is 15.1 Å². The SMILES string of the molecule is COC(=O)C1CCN(C(=O)c2cc(C3CC3)n(C(C)(C)C)n2)CC1. The standard InChI is InChI=1S/C18H27N3O3/c1-18(2,3)21-15(12-5-6-12)11-14(19-21)16(22)20-9-7-13(8-10-20)17(23)24-4/h11-13H,5-10H2,1-4H3. The smallest absolute Gasteiger partial charge is 0.308 e. The van der Waals surface area contributed by atoms with Gasteiger partial charge in [-0.3, -0.25) is 14.3 Å². The first-order valence-electron chi connectivity index (χ1n) is 8.79. The zero-order valence-electron chi connectivity index (χ0n) is 15.0. The molecule has 24 heavy (non-hydrogen) atoms. The van der Waals surface area contributed by atoms with Gasteiger partial charge in [0.2, 0.25) is 0 Å². The van der Waals surface area contributed by atoms with Gasteiger partial charge in [0.1, 0.15) is 0 Å². The van der Waals surface area contributed by atoms with E-state index in [9.17, 15) is 9.59 Å². The first kappa shape index (κ1) is 17.0. The Morgan fingerprint density at radius 2 is 1.79 bits per heavy atom. The van der Waals surface area contributed by atoms with Gasteiger partial charge in [0.25, 0.3) is 5.91 Å². The van der Waals surface area contributed by atoms with Gasteiger partial charge < -0.3 is 9.64 Å². The number of carbonyl (C=O) groups excluding carboxylic acids is 2. The van der Waals surface area contributed by atoms with Crippen LogP contribution in [0.25, 0.3) is 0 Å². The molecule has 1 aromatic rings. The number of aromatic nitrogens is 2. The average molecular weight is 333 g/mol. The monoisotopic (exact) mass is 333 g/mol. The van der Waals surface area contributed by atoms with E-state index < -0.39 is 0 Å². The zero-order valence-corrected chi connectivity index (χ0v) is 15.0. The van der Waals surface area contributed by atoms with E-state index in [1.54, 1.807) is 0 Å². The van der Waals surface area contributed by atoms with Gasteiger partial charge in [0.05, 0.1) is 18.6 Å². The molecule has 132 valence electrons. The molecule has 0 atom stereocenters. The third-order valence-corrected chi connectivity index (χ3v) is 4.90. The van der Waals surface area contributed by atoms with Crippen LogP contribution < -0.4 is 0 Å². The summed E-state index contributed by atoms with van der Waals surface area (Å²) in [4.78, 5) is 26.2. The van der Waals surface area contributed by atoms with Crippen molar-refractivity contribution in [2.75, 3.05) is 20.2 Å². The summed E-state index contributed by atoms with van der Waals surface area (Å²) in [6.45, 7) is 7.51. The number of carbonyl (C=O) groups is 2. The predicted molar refractivity (Wildman–Crippen MR) is 89.8 cm³/mol. The fourth-order valence-electron chi connectivity index (χ4n) is 3.35. The highest BCUT2D eigenvalue weighted by atomic mass is 16.5. The van der Waals surface area contributed by atoms with Crippen molar-refractivity contribution in [1.29, 1.82) is 0 Å². The summed E-state index contributed by atoms with van der Waals surface area (Å²) >= 11 is 0. The third kappa shape index (κ3) is 3.32. The molecule has 1 aliphatic carbocycles. The van der Waals surface area contributed by atoms with Crippen LogP contribution in [0.15, 0.2) is 6.07 Å². The van der Waals surface area contributed by atoms with Crippen molar-refractivity contribution in [3.05, 3.63) is 17.5 Å². The normalized spacial score (nSPS) is 19.4. The maximum atomic E-state index is 12.8. The molecule has 1 amide bonds. The van der Waals surface area contributed by atoms with E-state index in [4.69, 9.17) is 4.74 Å². The number of esters is 1. The van der Waals surface area contributed by atoms with Crippen LogP contribution in [0.1, 0.15) is 68.6 Å². The van der Waals surface area contributed by atoms with Crippen molar-refractivity contribution in [2.45, 2.75) is 57.9 Å². The largest absolute Gasteiger partial charge is 0.469 e. The van der Waals surface area contributed by atoms with Crippen LogP contribution in [0.3, 0.4) is 0 Å². The molecular weight excluding hydrogens is 306 g/mol. The lowest BCUT2D eigenvalue weighted by molar-refractivity contribution is -0.146. The van der Waals surface area contributed by atoms with E-state index in [2.05, 4.69) is 25.9 Å². The van der Waals surface area contributed by atoms with Crippen LogP contribution in [0.4, 0.5) is 0 Å². The lowest BCUT2D eigenvalue weighted by atomic mass is 9.97. The van der Waals surface area contributed by atoms with Crippen molar-refractivity contribution in [2.24, 2.45) is 5.92 Å². The maximum Gasteiger partial charge on any atom is 0.308 e. The Morgan fingerprint density at radius 1 is 1.17 bits per heavy atom. The minimum Gasteiger partial charge on any atom is -0.469 e. The van der Waals surface area contributed by atoms with E-state index in [0.29, 0.717) is 37.5 Å². The Bertz CT molecular complexity index is 632. The number of ether oxygens (including phenoxy) is 1. The highest BCUT2D eigenvalue weighted by Crippen LogP contribution is 2.41. The molecule has 6 heteroatoms. The Balaban J connectivity index is 1.73. The van der Waals surface area contributed by atoms with E-state index in [1.807, 2.05) is 15.6 Å². The van der Waals surface area contributed by atoms with Crippen LogP contribution in [0.2, 0.25) is 0 Å². The summed E-state index contributed by atoms with van der Waals surface area (Å²) < 4.78 is 6.81. The molecule has 1 saturated carbocycles. The summed E-state index contributed by atoms with van der Waals surface area (Å²) in [5, 5.41) is 4.62. The van der Waals surface area contributed by atoms with E-state index in [-0.39, 0.29) is 23.3 Å². The van der Waals surface area contributed by atoms with Gasteiger partial charge in [-0.2, -0.15) is 5.10 Å². The van der Waals surface area contributed by atoms with Gasteiger partial charge in [-0.25, -0.2) is 0 Å². The van der Waals surface area contributed by atoms with Gasteiger partial charge in [-0.15, -0.1) is 0 Å². The molecule has 2 fully saturated rings. The van der Waals surface area contributed by atoms with Gasteiger partial charge >= 0.3 is 5.97 Å². The molecule has 0 unspecified atom stereocenters. The zero-order chi connectivity index (χ0) is 17.5. The van der Waals surface area contributed by atoms with Crippen molar-refractivity contribution in [3.8, 4) is 0 Å². The fraction of sp³-hybridized carbons (Fsp3) is 0.722. The average Bonchev–Trinajstić information content (AvgIpc) is 3.30. The van der Waals surface area contributed by atoms with Crippen molar-refractivity contribution >= 4 is 11.9 Å². The third-order valence-electron chi connectivity index (χ3n) is 4.90. The first-order chi connectivity index (χ1) is 11.3. The summed E-state index contributed by atoms with van der Waals surface area (Å²) in [5.74, 6) is 0.259. The number of amides is 1. The Morgan fingerprint density at radius 3 is 2.29 bits per heavy atom. The summed E-state index contributed by atoms with van der Waals surface area (Å²) in [6.07, 6.45) is 3.68. The summed E-state index contributed by atoms with van der Waals surface area (Å²) in [5.41, 5.74) is 1.58. The molecule has 1 saturated heterocycles. The number of piperidine rings is 1. The molecule has 0 N–H and O–H groups in total. The number of methoxy groups -OCH3 is 1. The summed E-state index contributed by atoms with van der Waals surface area (Å²) in [7, 11) is 1.42. The van der Waals surface area contributed by atoms with Crippen LogP contribution in [0.5, 0.6) is 0 Å². The van der Waals surface area contributed by atoms with Gasteiger partial charge in [0.15, 0.2) is 5.69 Å². The second-order valence-electron chi connectivity index (χ2n) is 7.90. The Hall–Kier alpha value is -1.85. The molecule has 2 aliphatic rings. The number of hydrogen-bond acceptors (Lipinski definition) is 4. The summed E-state index contributed by atoms with van der Waals surface area (Å²) in [6, 6.07) is 1.97. The molecule has 1 aliphatic heterocycles. The second-order valence-corrected chi connectivity index (χ2v) is 7.90. The number of hydrogen-bond donors (Lipinski definition) is 0. The van der Waals surface area contributed by atoms with Crippen molar-refractivity contribution in [1.82, 2.24) is 14.7 Å². The van der Waals surface area contributed by atoms with Crippen molar-refractivity contribution in [3.63, 3.8) is 0 Å². The molecule has 0 aromatic carbocycles. The maximum absolute atomic E-state index is 12.8. The molecule has 2 heterocycles. The second kappa shape index (κ2) is 6.22. The number of nitrogens with zero attached hydrogens (tertiary/aromatic N) is 3. The van der Waals surface area contributed by atoms with E-state index >= 15 is 0 Å². The lowest BCUT2D eigenvalue weighted by Gasteiger charge is -2.30. The molecular formula is C18H27N3O3. The number of likely N-dealkylation sites (tertiary alicyclic amines) is 1. The molecule has 6 nitrogen and oxygen atoms in total. The highest BCUT2D eigenvalue weighted by molar-refractivity contribution is 5.92. The minimum absolute atomic E-state index is 0.0248. The van der Waals surface area contributed by atoms with Crippen LogP contribution >= 0.6 is 0 Å². The topological polar surface area (TPSA) is 64.4 Å². The molecule has 0 radical (unpaired) electrons. The van der Waals surface area contributed by atoms with Crippen molar-refractivity contribution < 1.29 is 14.3 Å². The highest BCUT2D eigenvalue weighted by Gasteiger charge is 2.34. The van der Waals surface area contributed by atoms with Gasteiger partial charge in [0, 0.05) is 24.7 Å². The molecule has 1 aromatic heterocycles. The molecule has 0 spiro atoms. The first-order valence-corrected chi connectivity index (χ1v) is 8.79. The Labute approximate surface area is 143 Å². The molecule has 3 rings (SSSR count). The number of rotatable bonds is 3. The fourth-order valence-corrected chi connectivity index (χ4v) is 3.35.